The maximum Gasteiger partial charge on any atom is 0.357 e. The summed E-state index contributed by atoms with van der Waals surface area (Å²) in [4.78, 5) is 11.1. The first-order valence-corrected chi connectivity index (χ1v) is 7.31. The first-order chi connectivity index (χ1) is 6.88. The van der Waals surface area contributed by atoms with Gasteiger partial charge in [-0.05, 0) is 20.3 Å². The van der Waals surface area contributed by atoms with Gasteiger partial charge in [0.15, 0.2) is 0 Å². The van der Waals surface area contributed by atoms with E-state index in [4.69, 9.17) is 14.2 Å². The number of hydrogen-bond acceptors (Lipinski definition) is 4. The van der Waals surface area contributed by atoms with Gasteiger partial charge in [0.2, 0.25) is 3.16 Å². The van der Waals surface area contributed by atoms with Gasteiger partial charge in [-0.3, -0.25) is 9.36 Å². The molecule has 0 radical (unpaired) electrons. The molecule has 1 unspecified atom stereocenters. The van der Waals surface area contributed by atoms with E-state index in [1.54, 1.807) is 43.4 Å². The van der Waals surface area contributed by atoms with Crippen molar-refractivity contribution in [1.82, 2.24) is 0 Å². The fourth-order valence-electron chi connectivity index (χ4n) is 1.04. The van der Waals surface area contributed by atoms with Gasteiger partial charge in [0.1, 0.15) is 0 Å². The lowest BCUT2D eigenvalue weighted by Crippen LogP contribution is -2.32. The standard InChI is InChI=1S/C8H16IO5P/c1-4-8(9,7(10)11)15(12,13-5-2)14-6-3/h4-6H2,1-3H3,(H,10,11). The zero-order valence-electron chi connectivity index (χ0n) is 9.03. The molecule has 1 atom stereocenters. The molecular formula is C8H16IO5P. The number of rotatable bonds is 7. The van der Waals surface area contributed by atoms with Gasteiger partial charge < -0.3 is 14.2 Å². The molecule has 7 heteroatoms. The van der Waals surface area contributed by atoms with Gasteiger partial charge in [-0.2, -0.15) is 0 Å². The van der Waals surface area contributed by atoms with Crippen molar-refractivity contribution < 1.29 is 23.5 Å². The molecule has 0 spiro atoms. The van der Waals surface area contributed by atoms with Crippen molar-refractivity contribution in [1.29, 1.82) is 0 Å². The number of aliphatic carboxylic acids is 1. The Hall–Kier alpha value is 0.350. The molecule has 0 fully saturated rings. The lowest BCUT2D eigenvalue weighted by atomic mass is 10.3. The Morgan fingerprint density at radius 2 is 1.73 bits per heavy atom. The van der Waals surface area contributed by atoms with Crippen molar-refractivity contribution >= 4 is 36.2 Å². The van der Waals surface area contributed by atoms with Crippen LogP contribution in [0.4, 0.5) is 0 Å². The van der Waals surface area contributed by atoms with Crippen LogP contribution in [0.5, 0.6) is 0 Å². The summed E-state index contributed by atoms with van der Waals surface area (Å²) in [6.45, 7) is 5.27. The van der Waals surface area contributed by atoms with Crippen LogP contribution in [0.15, 0.2) is 0 Å². The molecule has 0 aromatic carbocycles. The second kappa shape index (κ2) is 6.18. The molecule has 0 saturated heterocycles. The van der Waals surface area contributed by atoms with Gasteiger partial charge in [-0.15, -0.1) is 0 Å². The van der Waals surface area contributed by atoms with E-state index in [2.05, 4.69) is 0 Å². The van der Waals surface area contributed by atoms with Crippen LogP contribution in [0.3, 0.4) is 0 Å². The van der Waals surface area contributed by atoms with Crippen molar-refractivity contribution in [2.24, 2.45) is 0 Å². The van der Waals surface area contributed by atoms with Crippen molar-refractivity contribution in [2.45, 2.75) is 30.4 Å². The lowest BCUT2D eigenvalue weighted by molar-refractivity contribution is -0.137. The molecule has 0 amide bonds. The Kier molecular flexibility index (Phi) is 6.32. The number of carboxylic acids is 1. The van der Waals surface area contributed by atoms with E-state index in [1.165, 1.54) is 0 Å². The van der Waals surface area contributed by atoms with E-state index in [0.29, 0.717) is 0 Å². The minimum atomic E-state index is -3.61. The second-order valence-corrected chi connectivity index (χ2v) is 7.72. The number of alkyl halides is 1. The third kappa shape index (κ3) is 3.15. The zero-order chi connectivity index (χ0) is 12.1. The minimum absolute atomic E-state index is 0.162. The van der Waals surface area contributed by atoms with E-state index in [0.717, 1.165) is 0 Å². The Bertz CT molecular complexity index is 260. The van der Waals surface area contributed by atoms with E-state index < -0.39 is 16.7 Å². The summed E-state index contributed by atoms with van der Waals surface area (Å²) < 4.78 is 20.8. The smallest absolute Gasteiger partial charge is 0.357 e. The van der Waals surface area contributed by atoms with E-state index in [-0.39, 0.29) is 19.6 Å². The average molecular weight is 350 g/mol. The summed E-state index contributed by atoms with van der Waals surface area (Å²) in [5.41, 5.74) is 0. The number of carbonyl (C=O) groups is 1. The molecule has 0 rings (SSSR count). The highest BCUT2D eigenvalue weighted by atomic mass is 127. The molecular weight excluding hydrogens is 334 g/mol. The summed E-state index contributed by atoms with van der Waals surface area (Å²) >= 11 is 1.64. The molecule has 0 aliphatic rings. The molecule has 0 heterocycles. The summed E-state index contributed by atoms with van der Waals surface area (Å²) in [5.74, 6) is -1.17. The molecule has 0 saturated carbocycles. The molecule has 15 heavy (non-hydrogen) atoms. The highest BCUT2D eigenvalue weighted by Crippen LogP contribution is 2.64. The first-order valence-electron chi connectivity index (χ1n) is 4.69. The van der Waals surface area contributed by atoms with Gasteiger partial charge in [0.25, 0.3) is 0 Å². The first kappa shape index (κ1) is 15.3. The predicted molar refractivity (Wildman–Crippen MR) is 65.5 cm³/mol. The Balaban J connectivity index is 5.19. The number of carboxylic acid groups (broad SMARTS) is 1. The van der Waals surface area contributed by atoms with E-state index in [1.807, 2.05) is 0 Å². The maximum atomic E-state index is 12.3. The fourth-order valence-corrected chi connectivity index (χ4v) is 3.66. The fraction of sp³-hybridized carbons (Fsp3) is 0.875. The SMILES string of the molecule is CCOP(=O)(OCC)C(I)(CC)C(=O)O. The highest BCUT2D eigenvalue weighted by molar-refractivity contribution is 14.1. The normalized spacial score (nSPS) is 16.0. The Morgan fingerprint density at radius 3 is 1.93 bits per heavy atom. The summed E-state index contributed by atoms with van der Waals surface area (Å²) in [6.07, 6.45) is 0.181. The van der Waals surface area contributed by atoms with Gasteiger partial charge in [0.05, 0.1) is 13.2 Å². The zero-order valence-corrected chi connectivity index (χ0v) is 12.1. The van der Waals surface area contributed by atoms with Crippen LogP contribution in [-0.4, -0.2) is 27.5 Å². The summed E-state index contributed by atoms with van der Waals surface area (Å²) in [6, 6.07) is 0. The van der Waals surface area contributed by atoms with Gasteiger partial charge in [-0.25, -0.2) is 0 Å². The summed E-state index contributed by atoms with van der Waals surface area (Å²) in [5, 5.41) is 9.08. The number of halogens is 1. The monoisotopic (exact) mass is 350 g/mol. The van der Waals surface area contributed by atoms with Gasteiger partial charge >= 0.3 is 13.6 Å². The van der Waals surface area contributed by atoms with Gasteiger partial charge in [0, 0.05) is 0 Å². The van der Waals surface area contributed by atoms with Crippen LogP contribution in [0, 0.1) is 0 Å². The third-order valence-corrected chi connectivity index (χ3v) is 7.40. The van der Waals surface area contributed by atoms with Crippen molar-refractivity contribution in [3.63, 3.8) is 0 Å². The van der Waals surface area contributed by atoms with Crippen LogP contribution in [-0.2, 0) is 18.4 Å². The third-order valence-electron chi connectivity index (χ3n) is 1.83. The lowest BCUT2D eigenvalue weighted by Gasteiger charge is -2.29. The Morgan fingerprint density at radius 1 is 1.33 bits per heavy atom. The van der Waals surface area contributed by atoms with Crippen molar-refractivity contribution in [3.05, 3.63) is 0 Å². The van der Waals surface area contributed by atoms with Crippen LogP contribution in [0.25, 0.3) is 0 Å². The van der Waals surface area contributed by atoms with Crippen LogP contribution in [0.2, 0.25) is 0 Å². The largest absolute Gasteiger partial charge is 0.480 e. The maximum absolute atomic E-state index is 12.3. The summed E-state index contributed by atoms with van der Waals surface area (Å²) in [7, 11) is -3.61. The molecule has 0 aliphatic heterocycles. The van der Waals surface area contributed by atoms with E-state index >= 15 is 0 Å². The topological polar surface area (TPSA) is 72.8 Å². The Labute approximate surface area is 103 Å². The molecule has 1 N–H and O–H groups in total. The van der Waals surface area contributed by atoms with Crippen LogP contribution >= 0.6 is 30.2 Å². The average Bonchev–Trinajstić information content (AvgIpc) is 2.16. The molecule has 0 aromatic rings. The second-order valence-electron chi connectivity index (χ2n) is 2.75. The molecule has 0 aromatic heterocycles. The quantitative estimate of drug-likeness (QED) is 0.434. The molecule has 5 nitrogen and oxygen atoms in total. The number of hydrogen-bond donors (Lipinski definition) is 1. The molecule has 0 bridgehead atoms. The van der Waals surface area contributed by atoms with Gasteiger partial charge in [-0.1, -0.05) is 29.5 Å². The van der Waals surface area contributed by atoms with E-state index in [9.17, 15) is 9.36 Å². The van der Waals surface area contributed by atoms with Crippen LogP contribution < -0.4 is 0 Å². The molecule has 0 aliphatic carbocycles. The molecule has 90 valence electrons. The predicted octanol–water partition coefficient (Wildman–Crippen LogP) is 2.88. The van der Waals surface area contributed by atoms with Crippen molar-refractivity contribution in [3.8, 4) is 0 Å². The van der Waals surface area contributed by atoms with Crippen LogP contribution in [0.1, 0.15) is 27.2 Å². The highest BCUT2D eigenvalue weighted by Gasteiger charge is 2.54. The minimum Gasteiger partial charge on any atom is -0.480 e. The van der Waals surface area contributed by atoms with Crippen molar-refractivity contribution in [2.75, 3.05) is 13.2 Å².